The highest BCUT2D eigenvalue weighted by Crippen LogP contribution is 2.35. The lowest BCUT2D eigenvalue weighted by molar-refractivity contribution is 0.367. The van der Waals surface area contributed by atoms with Crippen LogP contribution in [-0.4, -0.2) is 15.3 Å². The van der Waals surface area contributed by atoms with Crippen LogP contribution in [-0.2, 0) is 6.42 Å². The fourth-order valence-electron chi connectivity index (χ4n) is 2.27. The minimum atomic E-state index is -0.439. The Kier molecular flexibility index (Phi) is 6.99. The second kappa shape index (κ2) is 8.51. The van der Waals surface area contributed by atoms with E-state index in [2.05, 4.69) is 13.5 Å². The number of aryl methyl sites for hydroxylation is 1. The Hall–Kier alpha value is -1.64. The molecule has 1 aromatic carbocycles. The molecule has 112 valence electrons. The Bertz CT molecular complexity index is 415. The molecule has 0 spiro atoms. The number of phenols is 3. The minimum Gasteiger partial charge on any atom is -0.504 e. The van der Waals surface area contributed by atoms with Gasteiger partial charge in [-0.2, -0.15) is 0 Å². The van der Waals surface area contributed by atoms with Crippen LogP contribution < -0.4 is 0 Å². The zero-order valence-corrected chi connectivity index (χ0v) is 12.4. The van der Waals surface area contributed by atoms with Gasteiger partial charge in [0.25, 0.3) is 0 Å². The Morgan fingerprint density at radius 1 is 0.900 bits per heavy atom. The predicted octanol–water partition coefficient (Wildman–Crippen LogP) is 4.65. The SMILES string of the molecule is C=C(C)CCCCCCCCc1cc(O)c(O)c(O)c1. The maximum atomic E-state index is 9.41. The van der Waals surface area contributed by atoms with E-state index >= 15 is 0 Å². The number of hydrogen-bond acceptors (Lipinski definition) is 3. The van der Waals surface area contributed by atoms with Crippen molar-refractivity contribution in [3.8, 4) is 17.2 Å². The van der Waals surface area contributed by atoms with Gasteiger partial charge in [-0.3, -0.25) is 0 Å². The van der Waals surface area contributed by atoms with Crippen LogP contribution in [0, 0.1) is 0 Å². The number of unbranched alkanes of at least 4 members (excludes halogenated alkanes) is 5. The van der Waals surface area contributed by atoms with Crippen molar-refractivity contribution in [3.63, 3.8) is 0 Å². The zero-order valence-electron chi connectivity index (χ0n) is 12.4. The van der Waals surface area contributed by atoms with E-state index in [0.29, 0.717) is 0 Å². The summed E-state index contributed by atoms with van der Waals surface area (Å²) in [6.45, 7) is 5.97. The first-order valence-corrected chi connectivity index (χ1v) is 7.39. The monoisotopic (exact) mass is 278 g/mol. The molecule has 0 heterocycles. The summed E-state index contributed by atoms with van der Waals surface area (Å²) in [5.41, 5.74) is 2.12. The van der Waals surface area contributed by atoms with Gasteiger partial charge in [0.1, 0.15) is 0 Å². The maximum Gasteiger partial charge on any atom is 0.200 e. The van der Waals surface area contributed by atoms with Gasteiger partial charge in [-0.1, -0.05) is 31.3 Å². The van der Waals surface area contributed by atoms with Crippen molar-refractivity contribution in [2.45, 2.75) is 58.3 Å². The standard InChI is InChI=1S/C17H26O3/c1-13(2)9-7-5-3-4-6-8-10-14-11-15(18)17(20)16(19)12-14/h11-12,18-20H,1,3-10H2,2H3. The molecule has 3 N–H and O–H groups in total. The second-order valence-corrected chi connectivity index (χ2v) is 5.56. The van der Waals surface area contributed by atoms with Crippen molar-refractivity contribution in [2.75, 3.05) is 0 Å². The highest BCUT2D eigenvalue weighted by Gasteiger charge is 2.07. The predicted molar refractivity (Wildman–Crippen MR) is 82.3 cm³/mol. The van der Waals surface area contributed by atoms with E-state index in [-0.39, 0.29) is 11.5 Å². The highest BCUT2D eigenvalue weighted by atomic mass is 16.3. The summed E-state index contributed by atoms with van der Waals surface area (Å²) >= 11 is 0. The minimum absolute atomic E-state index is 0.250. The lowest BCUT2D eigenvalue weighted by atomic mass is 10.0. The first kappa shape index (κ1) is 16.4. The summed E-state index contributed by atoms with van der Waals surface area (Å²) in [6, 6.07) is 3.03. The van der Waals surface area contributed by atoms with Gasteiger partial charge in [-0.15, -0.1) is 6.58 Å². The summed E-state index contributed by atoms with van der Waals surface area (Å²) in [4.78, 5) is 0. The molecule has 3 heteroatoms. The number of hydrogen-bond donors (Lipinski definition) is 3. The molecule has 1 aromatic rings. The molecule has 0 fully saturated rings. The van der Waals surface area contributed by atoms with E-state index in [0.717, 1.165) is 31.2 Å². The smallest absolute Gasteiger partial charge is 0.200 e. The Morgan fingerprint density at radius 3 is 1.95 bits per heavy atom. The second-order valence-electron chi connectivity index (χ2n) is 5.56. The molecular weight excluding hydrogens is 252 g/mol. The van der Waals surface area contributed by atoms with Gasteiger partial charge in [-0.05, 0) is 50.3 Å². The molecule has 3 nitrogen and oxygen atoms in total. The number of aromatic hydroxyl groups is 3. The number of phenolic OH excluding ortho intramolecular Hbond substituents is 3. The lowest BCUT2D eigenvalue weighted by Gasteiger charge is -2.06. The molecule has 0 radical (unpaired) electrons. The van der Waals surface area contributed by atoms with E-state index < -0.39 is 5.75 Å². The van der Waals surface area contributed by atoms with E-state index in [4.69, 9.17) is 0 Å². The highest BCUT2D eigenvalue weighted by molar-refractivity contribution is 5.51. The third kappa shape index (κ3) is 6.00. The average molecular weight is 278 g/mol. The van der Waals surface area contributed by atoms with E-state index in [1.807, 2.05) is 0 Å². The average Bonchev–Trinajstić information content (AvgIpc) is 2.38. The Labute approximate surface area is 121 Å². The maximum absolute atomic E-state index is 9.41. The van der Waals surface area contributed by atoms with Crippen molar-refractivity contribution < 1.29 is 15.3 Å². The first-order chi connectivity index (χ1) is 9.50. The molecule has 0 aliphatic heterocycles. The molecule has 0 aromatic heterocycles. The van der Waals surface area contributed by atoms with Crippen LogP contribution in [0.25, 0.3) is 0 Å². The van der Waals surface area contributed by atoms with Crippen molar-refractivity contribution in [3.05, 3.63) is 29.8 Å². The van der Waals surface area contributed by atoms with Crippen LogP contribution in [0.2, 0.25) is 0 Å². The molecule has 0 amide bonds. The molecular formula is C17H26O3. The normalized spacial score (nSPS) is 10.7. The van der Waals surface area contributed by atoms with E-state index in [1.54, 1.807) is 0 Å². The summed E-state index contributed by atoms with van der Waals surface area (Å²) < 4.78 is 0. The van der Waals surface area contributed by atoms with Gasteiger partial charge in [0.15, 0.2) is 17.2 Å². The largest absolute Gasteiger partial charge is 0.504 e. The molecule has 0 atom stereocenters. The van der Waals surface area contributed by atoms with Crippen molar-refractivity contribution in [2.24, 2.45) is 0 Å². The summed E-state index contributed by atoms with van der Waals surface area (Å²) in [5.74, 6) is -0.939. The molecule has 1 rings (SSSR count). The quantitative estimate of drug-likeness (QED) is 0.350. The number of benzene rings is 1. The molecule has 0 aliphatic rings. The van der Waals surface area contributed by atoms with Crippen LogP contribution in [0.5, 0.6) is 17.2 Å². The van der Waals surface area contributed by atoms with Gasteiger partial charge in [0.05, 0.1) is 0 Å². The van der Waals surface area contributed by atoms with E-state index in [9.17, 15) is 15.3 Å². The fourth-order valence-corrected chi connectivity index (χ4v) is 2.27. The molecule has 0 aliphatic carbocycles. The van der Waals surface area contributed by atoms with Gasteiger partial charge in [-0.25, -0.2) is 0 Å². The third-order valence-corrected chi connectivity index (χ3v) is 3.45. The van der Waals surface area contributed by atoms with Crippen LogP contribution >= 0.6 is 0 Å². The van der Waals surface area contributed by atoms with Gasteiger partial charge in [0, 0.05) is 0 Å². The van der Waals surface area contributed by atoms with Crippen molar-refractivity contribution in [1.82, 2.24) is 0 Å². The molecule has 0 saturated carbocycles. The Morgan fingerprint density at radius 2 is 1.40 bits per heavy atom. The molecule has 0 bridgehead atoms. The van der Waals surface area contributed by atoms with Crippen LogP contribution in [0.15, 0.2) is 24.3 Å². The topological polar surface area (TPSA) is 60.7 Å². The van der Waals surface area contributed by atoms with Crippen molar-refractivity contribution >= 4 is 0 Å². The first-order valence-electron chi connectivity index (χ1n) is 7.39. The summed E-state index contributed by atoms with van der Waals surface area (Å²) in [6.07, 6.45) is 9.08. The van der Waals surface area contributed by atoms with E-state index in [1.165, 1.54) is 43.4 Å². The lowest BCUT2D eigenvalue weighted by Crippen LogP contribution is -1.87. The summed E-state index contributed by atoms with van der Waals surface area (Å²) in [5, 5.41) is 28.1. The van der Waals surface area contributed by atoms with Crippen LogP contribution in [0.4, 0.5) is 0 Å². The van der Waals surface area contributed by atoms with Crippen LogP contribution in [0.1, 0.15) is 57.4 Å². The van der Waals surface area contributed by atoms with Gasteiger partial charge in [0.2, 0.25) is 0 Å². The molecule has 0 saturated heterocycles. The van der Waals surface area contributed by atoms with Crippen molar-refractivity contribution in [1.29, 1.82) is 0 Å². The zero-order chi connectivity index (χ0) is 15.0. The molecule has 0 unspecified atom stereocenters. The third-order valence-electron chi connectivity index (χ3n) is 3.45. The fraction of sp³-hybridized carbons (Fsp3) is 0.529. The number of allylic oxidation sites excluding steroid dienone is 1. The number of rotatable bonds is 9. The Balaban J connectivity index is 2.14. The summed E-state index contributed by atoms with van der Waals surface area (Å²) in [7, 11) is 0. The van der Waals surface area contributed by atoms with Crippen LogP contribution in [0.3, 0.4) is 0 Å². The van der Waals surface area contributed by atoms with Gasteiger partial charge >= 0.3 is 0 Å². The molecule has 20 heavy (non-hydrogen) atoms. The van der Waals surface area contributed by atoms with Gasteiger partial charge < -0.3 is 15.3 Å².